The molecular formula is C11H13BrClNO2S. The molecule has 0 saturated carbocycles. The van der Waals surface area contributed by atoms with Crippen molar-refractivity contribution in [2.24, 2.45) is 0 Å². The lowest BCUT2D eigenvalue weighted by atomic mass is 10.2. The van der Waals surface area contributed by atoms with E-state index < -0.39 is 10.8 Å². The van der Waals surface area contributed by atoms with Crippen molar-refractivity contribution in [3.8, 4) is 0 Å². The molecule has 1 rings (SSSR count). The molecule has 0 fully saturated rings. The van der Waals surface area contributed by atoms with Gasteiger partial charge in [-0.1, -0.05) is 11.6 Å². The Bertz CT molecular complexity index is 453. The first kappa shape index (κ1) is 14.7. The molecule has 2 unspecified atom stereocenters. The van der Waals surface area contributed by atoms with Crippen LogP contribution in [0.25, 0.3) is 0 Å². The maximum atomic E-state index is 11.9. The fourth-order valence-electron chi connectivity index (χ4n) is 1.37. The predicted octanol–water partition coefficient (Wildman–Crippen LogP) is 2.60. The van der Waals surface area contributed by atoms with Crippen LogP contribution in [0.4, 0.5) is 0 Å². The first-order valence-electron chi connectivity index (χ1n) is 4.96. The minimum absolute atomic E-state index is 0.140. The smallest absolute Gasteiger partial charge is 0.252 e. The second-order valence-electron chi connectivity index (χ2n) is 3.74. The second-order valence-corrected chi connectivity index (χ2v) is 6.51. The average molecular weight is 339 g/mol. The summed E-state index contributed by atoms with van der Waals surface area (Å²) in [5.41, 5.74) is 0.478. The van der Waals surface area contributed by atoms with Crippen molar-refractivity contribution in [2.75, 3.05) is 12.0 Å². The van der Waals surface area contributed by atoms with Gasteiger partial charge < -0.3 is 5.32 Å². The quantitative estimate of drug-likeness (QED) is 0.917. The Labute approximate surface area is 117 Å². The lowest BCUT2D eigenvalue weighted by Crippen LogP contribution is -2.36. The van der Waals surface area contributed by atoms with Gasteiger partial charge >= 0.3 is 0 Å². The molecular weight excluding hydrogens is 326 g/mol. The summed E-state index contributed by atoms with van der Waals surface area (Å²) in [5.74, 6) is 0.210. The summed E-state index contributed by atoms with van der Waals surface area (Å²) in [4.78, 5) is 11.9. The number of carbonyl (C=O) groups excluding carboxylic acids is 1. The molecule has 0 heterocycles. The number of hydrogen-bond acceptors (Lipinski definition) is 2. The van der Waals surface area contributed by atoms with Gasteiger partial charge in [-0.25, -0.2) is 0 Å². The van der Waals surface area contributed by atoms with Gasteiger partial charge in [-0.05, 0) is 41.1 Å². The van der Waals surface area contributed by atoms with Crippen molar-refractivity contribution in [3.05, 3.63) is 33.3 Å². The van der Waals surface area contributed by atoms with Gasteiger partial charge in [-0.3, -0.25) is 9.00 Å². The highest BCUT2D eigenvalue weighted by molar-refractivity contribution is 9.10. The van der Waals surface area contributed by atoms with Crippen LogP contribution in [0.1, 0.15) is 17.3 Å². The third-order valence-electron chi connectivity index (χ3n) is 2.04. The topological polar surface area (TPSA) is 46.2 Å². The Balaban J connectivity index is 2.76. The van der Waals surface area contributed by atoms with Crippen molar-refractivity contribution in [2.45, 2.75) is 13.0 Å². The molecule has 0 aliphatic carbocycles. The predicted molar refractivity (Wildman–Crippen MR) is 75.0 cm³/mol. The van der Waals surface area contributed by atoms with E-state index in [0.717, 1.165) is 0 Å². The minimum atomic E-state index is -0.931. The van der Waals surface area contributed by atoms with Crippen LogP contribution in [0.15, 0.2) is 22.7 Å². The SMILES string of the molecule is CC(CS(C)=O)NC(=O)c1cc(Cl)ccc1Br. The van der Waals surface area contributed by atoms with Gasteiger partial charge in [0.05, 0.1) is 5.56 Å². The third kappa shape index (κ3) is 4.77. The molecule has 0 aliphatic rings. The number of rotatable bonds is 4. The number of nitrogens with one attached hydrogen (secondary N) is 1. The summed E-state index contributed by atoms with van der Waals surface area (Å²) < 4.78 is 11.7. The van der Waals surface area contributed by atoms with Crippen LogP contribution >= 0.6 is 27.5 Å². The molecule has 0 aromatic heterocycles. The molecule has 1 amide bonds. The van der Waals surface area contributed by atoms with E-state index in [2.05, 4.69) is 21.2 Å². The highest BCUT2D eigenvalue weighted by atomic mass is 79.9. The van der Waals surface area contributed by atoms with Crippen molar-refractivity contribution in [1.82, 2.24) is 5.32 Å². The van der Waals surface area contributed by atoms with Crippen LogP contribution in [-0.4, -0.2) is 28.2 Å². The minimum Gasteiger partial charge on any atom is -0.349 e. The molecule has 17 heavy (non-hydrogen) atoms. The molecule has 6 heteroatoms. The van der Waals surface area contributed by atoms with Crippen molar-refractivity contribution in [3.63, 3.8) is 0 Å². The lowest BCUT2D eigenvalue weighted by Gasteiger charge is -2.13. The Morgan fingerprint density at radius 1 is 1.59 bits per heavy atom. The van der Waals surface area contributed by atoms with E-state index in [4.69, 9.17) is 11.6 Å². The molecule has 1 N–H and O–H groups in total. The van der Waals surface area contributed by atoms with E-state index in [9.17, 15) is 9.00 Å². The van der Waals surface area contributed by atoms with E-state index in [1.807, 2.05) is 6.92 Å². The maximum absolute atomic E-state index is 11.9. The third-order valence-corrected chi connectivity index (χ3v) is 3.93. The second kappa shape index (κ2) is 6.52. The van der Waals surface area contributed by atoms with Gasteiger partial charge in [-0.15, -0.1) is 0 Å². The lowest BCUT2D eigenvalue weighted by molar-refractivity contribution is 0.0943. The first-order chi connectivity index (χ1) is 7.90. The molecule has 0 saturated heterocycles. The normalized spacial score (nSPS) is 14.1. The van der Waals surface area contributed by atoms with Gasteiger partial charge in [0.15, 0.2) is 0 Å². The zero-order chi connectivity index (χ0) is 13.0. The van der Waals surface area contributed by atoms with Gasteiger partial charge in [-0.2, -0.15) is 0 Å². The van der Waals surface area contributed by atoms with Crippen molar-refractivity contribution in [1.29, 1.82) is 0 Å². The van der Waals surface area contributed by atoms with E-state index in [1.165, 1.54) is 0 Å². The van der Waals surface area contributed by atoms with Crippen LogP contribution in [0.2, 0.25) is 5.02 Å². The molecule has 3 nitrogen and oxygen atoms in total. The van der Waals surface area contributed by atoms with Crippen LogP contribution in [0.3, 0.4) is 0 Å². The molecule has 0 aliphatic heterocycles. The zero-order valence-corrected chi connectivity index (χ0v) is 12.7. The number of hydrogen-bond donors (Lipinski definition) is 1. The Kier molecular flexibility index (Phi) is 5.62. The number of carbonyl (C=O) groups is 1. The van der Waals surface area contributed by atoms with E-state index in [0.29, 0.717) is 20.8 Å². The fraction of sp³-hybridized carbons (Fsp3) is 0.364. The zero-order valence-electron chi connectivity index (χ0n) is 9.50. The van der Waals surface area contributed by atoms with Gasteiger partial charge in [0, 0.05) is 38.3 Å². The number of halogens is 2. The van der Waals surface area contributed by atoms with E-state index >= 15 is 0 Å². The van der Waals surface area contributed by atoms with Crippen LogP contribution in [0.5, 0.6) is 0 Å². The molecule has 0 radical (unpaired) electrons. The van der Waals surface area contributed by atoms with E-state index in [-0.39, 0.29) is 11.9 Å². The maximum Gasteiger partial charge on any atom is 0.252 e. The highest BCUT2D eigenvalue weighted by Gasteiger charge is 2.14. The molecule has 1 aromatic carbocycles. The summed E-state index contributed by atoms with van der Waals surface area (Å²) in [5, 5.41) is 3.28. The van der Waals surface area contributed by atoms with E-state index in [1.54, 1.807) is 24.5 Å². The van der Waals surface area contributed by atoms with Crippen LogP contribution in [-0.2, 0) is 10.8 Å². The van der Waals surface area contributed by atoms with Crippen LogP contribution in [0, 0.1) is 0 Å². The number of amides is 1. The van der Waals surface area contributed by atoms with Crippen molar-refractivity contribution >= 4 is 44.2 Å². The fourth-order valence-corrected chi connectivity index (χ4v) is 2.75. The standard InChI is InChI=1S/C11H13BrClNO2S/c1-7(6-17(2)16)14-11(15)9-5-8(13)3-4-10(9)12/h3-5,7H,6H2,1-2H3,(H,14,15). The summed E-state index contributed by atoms with van der Waals surface area (Å²) in [7, 11) is -0.931. The summed E-state index contributed by atoms with van der Waals surface area (Å²) in [6.07, 6.45) is 1.61. The van der Waals surface area contributed by atoms with Crippen molar-refractivity contribution < 1.29 is 9.00 Å². The Hall–Kier alpha value is -0.390. The molecule has 2 atom stereocenters. The average Bonchev–Trinajstić information content (AvgIpc) is 2.20. The molecule has 0 bridgehead atoms. The summed E-state index contributed by atoms with van der Waals surface area (Å²) >= 11 is 9.12. The Morgan fingerprint density at radius 3 is 2.82 bits per heavy atom. The monoisotopic (exact) mass is 337 g/mol. The molecule has 0 spiro atoms. The van der Waals surface area contributed by atoms with Gasteiger partial charge in [0.25, 0.3) is 5.91 Å². The molecule has 1 aromatic rings. The number of benzene rings is 1. The first-order valence-corrected chi connectivity index (χ1v) is 7.86. The molecule has 94 valence electrons. The van der Waals surface area contributed by atoms with Crippen LogP contribution < -0.4 is 5.32 Å². The Morgan fingerprint density at radius 2 is 2.24 bits per heavy atom. The highest BCUT2D eigenvalue weighted by Crippen LogP contribution is 2.21. The summed E-state index contributed by atoms with van der Waals surface area (Å²) in [6.45, 7) is 1.82. The summed E-state index contributed by atoms with van der Waals surface area (Å²) in [6, 6.07) is 4.88. The van der Waals surface area contributed by atoms with Gasteiger partial charge in [0.2, 0.25) is 0 Å². The largest absolute Gasteiger partial charge is 0.349 e. The van der Waals surface area contributed by atoms with Gasteiger partial charge in [0.1, 0.15) is 0 Å².